The number of hydrogen-bond acceptors (Lipinski definition) is 6. The van der Waals surface area contributed by atoms with E-state index in [0.717, 1.165) is 52.1 Å². The smallest absolute Gasteiger partial charge is 0.262 e. The SMILES string of the molecule is O=C(CSc1nc2ccccc2c(=O)n1CCCN1CCOCC1)NC1CCCC1. The van der Waals surface area contributed by atoms with Gasteiger partial charge in [-0.15, -0.1) is 0 Å². The predicted molar refractivity (Wildman–Crippen MR) is 119 cm³/mol. The van der Waals surface area contributed by atoms with Gasteiger partial charge < -0.3 is 10.1 Å². The maximum Gasteiger partial charge on any atom is 0.262 e. The van der Waals surface area contributed by atoms with E-state index in [1.165, 1.54) is 24.6 Å². The molecule has 7 nitrogen and oxygen atoms in total. The van der Waals surface area contributed by atoms with Crippen molar-refractivity contribution in [1.29, 1.82) is 0 Å². The first-order valence-electron chi connectivity index (χ1n) is 10.9. The molecular formula is C22H30N4O3S. The molecule has 2 heterocycles. The number of thioether (sulfide) groups is 1. The lowest BCUT2D eigenvalue weighted by molar-refractivity contribution is -0.119. The van der Waals surface area contributed by atoms with Gasteiger partial charge >= 0.3 is 0 Å². The molecule has 1 aromatic carbocycles. The number of morpholine rings is 1. The van der Waals surface area contributed by atoms with Crippen molar-refractivity contribution < 1.29 is 9.53 Å². The van der Waals surface area contributed by atoms with E-state index in [-0.39, 0.29) is 17.2 Å². The molecule has 1 aromatic heterocycles. The van der Waals surface area contributed by atoms with E-state index in [2.05, 4.69) is 10.2 Å². The Kier molecular flexibility index (Phi) is 7.41. The van der Waals surface area contributed by atoms with E-state index < -0.39 is 0 Å². The fraction of sp³-hybridized carbons (Fsp3) is 0.591. The van der Waals surface area contributed by atoms with Crippen molar-refractivity contribution in [2.45, 2.75) is 49.8 Å². The first-order valence-corrected chi connectivity index (χ1v) is 11.9. The highest BCUT2D eigenvalue weighted by Gasteiger charge is 2.19. The van der Waals surface area contributed by atoms with E-state index in [9.17, 15) is 9.59 Å². The topological polar surface area (TPSA) is 76.5 Å². The molecular weight excluding hydrogens is 400 g/mol. The van der Waals surface area contributed by atoms with Gasteiger partial charge in [0.05, 0.1) is 29.9 Å². The molecule has 1 N–H and O–H groups in total. The summed E-state index contributed by atoms with van der Waals surface area (Å²) in [4.78, 5) is 32.6. The molecule has 162 valence electrons. The van der Waals surface area contributed by atoms with E-state index in [1.54, 1.807) is 4.57 Å². The van der Waals surface area contributed by atoms with Gasteiger partial charge in [-0.05, 0) is 31.4 Å². The molecule has 2 fully saturated rings. The lowest BCUT2D eigenvalue weighted by Crippen LogP contribution is -2.37. The highest BCUT2D eigenvalue weighted by atomic mass is 32.2. The number of aromatic nitrogens is 2. The predicted octanol–water partition coefficient (Wildman–Crippen LogP) is 2.27. The minimum Gasteiger partial charge on any atom is -0.379 e. The number of amides is 1. The Bertz CT molecular complexity index is 920. The normalized spacial score (nSPS) is 18.1. The van der Waals surface area contributed by atoms with Crippen LogP contribution < -0.4 is 10.9 Å². The third-order valence-electron chi connectivity index (χ3n) is 5.84. The van der Waals surface area contributed by atoms with Crippen molar-refractivity contribution in [3.63, 3.8) is 0 Å². The van der Waals surface area contributed by atoms with Gasteiger partial charge in [0.15, 0.2) is 5.16 Å². The summed E-state index contributed by atoms with van der Waals surface area (Å²) < 4.78 is 7.15. The average molecular weight is 431 g/mol. The van der Waals surface area contributed by atoms with Gasteiger partial charge in [0.25, 0.3) is 5.56 Å². The van der Waals surface area contributed by atoms with Gasteiger partial charge in [0.2, 0.25) is 5.91 Å². The molecule has 0 radical (unpaired) electrons. The molecule has 4 rings (SSSR count). The minimum absolute atomic E-state index is 0.0224. The molecule has 2 aromatic rings. The quantitative estimate of drug-likeness (QED) is 0.511. The van der Waals surface area contributed by atoms with Gasteiger partial charge in [0, 0.05) is 32.2 Å². The van der Waals surface area contributed by atoms with Crippen LogP contribution in [-0.4, -0.2) is 65.0 Å². The maximum absolute atomic E-state index is 13.1. The van der Waals surface area contributed by atoms with Crippen molar-refractivity contribution in [2.75, 3.05) is 38.6 Å². The number of nitrogens with zero attached hydrogens (tertiary/aromatic N) is 3. The molecule has 30 heavy (non-hydrogen) atoms. The van der Waals surface area contributed by atoms with Crippen LogP contribution in [0.2, 0.25) is 0 Å². The molecule has 0 atom stereocenters. The molecule has 0 bridgehead atoms. The largest absolute Gasteiger partial charge is 0.379 e. The average Bonchev–Trinajstić information content (AvgIpc) is 3.28. The number of rotatable bonds is 8. The number of ether oxygens (including phenoxy) is 1. The summed E-state index contributed by atoms with van der Waals surface area (Å²) in [5.74, 6) is 0.305. The number of nitrogens with one attached hydrogen (secondary N) is 1. The van der Waals surface area contributed by atoms with Crippen LogP contribution in [0.3, 0.4) is 0 Å². The molecule has 0 unspecified atom stereocenters. The highest BCUT2D eigenvalue weighted by molar-refractivity contribution is 7.99. The number of carbonyl (C=O) groups is 1. The van der Waals surface area contributed by atoms with Crippen LogP contribution in [0.15, 0.2) is 34.2 Å². The first-order chi connectivity index (χ1) is 14.7. The number of benzene rings is 1. The highest BCUT2D eigenvalue weighted by Crippen LogP contribution is 2.20. The van der Waals surface area contributed by atoms with E-state index >= 15 is 0 Å². The second-order valence-electron chi connectivity index (χ2n) is 8.01. The third-order valence-corrected chi connectivity index (χ3v) is 6.82. The fourth-order valence-electron chi connectivity index (χ4n) is 4.20. The molecule has 0 spiro atoms. The summed E-state index contributed by atoms with van der Waals surface area (Å²) in [6, 6.07) is 7.74. The van der Waals surface area contributed by atoms with E-state index in [0.29, 0.717) is 28.6 Å². The Balaban J connectivity index is 1.45. The summed E-state index contributed by atoms with van der Waals surface area (Å²) in [5.41, 5.74) is 0.659. The molecule has 1 saturated carbocycles. The Morgan fingerprint density at radius 3 is 2.73 bits per heavy atom. The van der Waals surface area contributed by atoms with Crippen LogP contribution in [0.5, 0.6) is 0 Å². The fourth-order valence-corrected chi connectivity index (χ4v) is 5.04. The van der Waals surface area contributed by atoms with Crippen LogP contribution in [0.25, 0.3) is 10.9 Å². The van der Waals surface area contributed by atoms with Crippen LogP contribution in [-0.2, 0) is 16.1 Å². The Morgan fingerprint density at radius 1 is 1.17 bits per heavy atom. The lowest BCUT2D eigenvalue weighted by Gasteiger charge is -2.26. The monoisotopic (exact) mass is 430 g/mol. The number of hydrogen-bond donors (Lipinski definition) is 1. The molecule has 8 heteroatoms. The van der Waals surface area contributed by atoms with Gasteiger partial charge in [-0.25, -0.2) is 4.98 Å². The number of fused-ring (bicyclic) bond motifs is 1. The van der Waals surface area contributed by atoms with Gasteiger partial charge in [-0.3, -0.25) is 19.1 Å². The molecule has 1 aliphatic carbocycles. The van der Waals surface area contributed by atoms with Crippen molar-refractivity contribution in [3.05, 3.63) is 34.6 Å². The Labute approximate surface area is 181 Å². The van der Waals surface area contributed by atoms with Crippen molar-refractivity contribution in [3.8, 4) is 0 Å². The van der Waals surface area contributed by atoms with Crippen LogP contribution in [0.4, 0.5) is 0 Å². The zero-order chi connectivity index (χ0) is 20.8. The third kappa shape index (κ3) is 5.42. The van der Waals surface area contributed by atoms with Gasteiger partial charge in [-0.2, -0.15) is 0 Å². The summed E-state index contributed by atoms with van der Waals surface area (Å²) in [6.45, 7) is 4.94. The van der Waals surface area contributed by atoms with E-state index in [4.69, 9.17) is 9.72 Å². The zero-order valence-corrected chi connectivity index (χ0v) is 18.2. The standard InChI is InChI=1S/C22H30N4O3S/c27-20(23-17-6-1-2-7-17)16-30-22-24-19-9-4-3-8-18(19)21(28)26(22)11-5-10-25-12-14-29-15-13-25/h3-4,8-9,17H,1-2,5-7,10-16H2,(H,23,27). The maximum atomic E-state index is 13.1. The first kappa shape index (κ1) is 21.3. The zero-order valence-electron chi connectivity index (χ0n) is 17.3. The van der Waals surface area contributed by atoms with Crippen LogP contribution in [0, 0.1) is 0 Å². The van der Waals surface area contributed by atoms with Crippen molar-refractivity contribution in [1.82, 2.24) is 19.8 Å². The van der Waals surface area contributed by atoms with Crippen molar-refractivity contribution in [2.24, 2.45) is 0 Å². The van der Waals surface area contributed by atoms with Gasteiger partial charge in [0.1, 0.15) is 0 Å². The van der Waals surface area contributed by atoms with Crippen LogP contribution in [0.1, 0.15) is 32.1 Å². The number of para-hydroxylation sites is 1. The molecule has 1 aliphatic heterocycles. The summed E-state index contributed by atoms with van der Waals surface area (Å²) in [6.07, 6.45) is 5.37. The molecule has 1 saturated heterocycles. The second-order valence-corrected chi connectivity index (χ2v) is 8.96. The summed E-state index contributed by atoms with van der Waals surface area (Å²) in [7, 11) is 0. The van der Waals surface area contributed by atoms with Gasteiger partial charge in [-0.1, -0.05) is 36.7 Å². The van der Waals surface area contributed by atoms with Crippen LogP contribution >= 0.6 is 11.8 Å². The number of carbonyl (C=O) groups excluding carboxylic acids is 1. The van der Waals surface area contributed by atoms with E-state index in [1.807, 2.05) is 24.3 Å². The van der Waals surface area contributed by atoms with Crippen molar-refractivity contribution >= 4 is 28.6 Å². The molecule has 2 aliphatic rings. The Hall–Kier alpha value is -1.90. The summed E-state index contributed by atoms with van der Waals surface area (Å²) in [5, 5.41) is 4.37. The second kappa shape index (κ2) is 10.4. The minimum atomic E-state index is -0.0266. The Morgan fingerprint density at radius 2 is 1.93 bits per heavy atom. The molecule has 1 amide bonds. The summed E-state index contributed by atoms with van der Waals surface area (Å²) >= 11 is 1.36. The lowest BCUT2D eigenvalue weighted by atomic mass is 10.2.